The minimum Gasteiger partial charge on any atom is -0.340 e. The fraction of sp³-hybridized carbons (Fsp3) is 0.318. The van der Waals surface area contributed by atoms with Crippen molar-refractivity contribution in [2.45, 2.75) is 31.7 Å². The van der Waals surface area contributed by atoms with Crippen molar-refractivity contribution in [1.82, 2.24) is 14.7 Å². The van der Waals surface area contributed by atoms with Gasteiger partial charge in [0.2, 0.25) is 5.91 Å². The van der Waals surface area contributed by atoms with E-state index >= 15 is 0 Å². The molecule has 2 aromatic heterocycles. The highest BCUT2D eigenvalue weighted by molar-refractivity contribution is 7.13. The highest BCUT2D eigenvalue weighted by Gasteiger charge is 2.29. The molecule has 0 bridgehead atoms. The van der Waals surface area contributed by atoms with E-state index in [4.69, 9.17) is 0 Å². The summed E-state index contributed by atoms with van der Waals surface area (Å²) in [6, 6.07) is 17.1. The minimum absolute atomic E-state index is 0.0897. The summed E-state index contributed by atoms with van der Waals surface area (Å²) in [7, 11) is 0. The van der Waals surface area contributed by atoms with E-state index < -0.39 is 0 Å². The van der Waals surface area contributed by atoms with Crippen LogP contribution in [0.3, 0.4) is 0 Å². The fourth-order valence-corrected chi connectivity index (χ4v) is 4.45. The molecule has 0 saturated carbocycles. The Morgan fingerprint density at radius 3 is 2.71 bits per heavy atom. The third-order valence-electron chi connectivity index (χ3n) is 5.32. The lowest BCUT2D eigenvalue weighted by Gasteiger charge is -2.34. The quantitative estimate of drug-likeness (QED) is 0.675. The zero-order valence-electron chi connectivity index (χ0n) is 15.8. The molecule has 0 radical (unpaired) electrons. The van der Waals surface area contributed by atoms with Crippen LogP contribution in [0.15, 0.2) is 64.8 Å². The first-order valence-corrected chi connectivity index (χ1v) is 10.5. The van der Waals surface area contributed by atoms with Crippen molar-refractivity contribution in [1.29, 1.82) is 0 Å². The van der Waals surface area contributed by atoms with Gasteiger partial charge >= 0.3 is 0 Å². The number of hydrogen-bond donors (Lipinski definition) is 0. The van der Waals surface area contributed by atoms with E-state index in [1.807, 2.05) is 59.7 Å². The van der Waals surface area contributed by atoms with Gasteiger partial charge in [0.25, 0.3) is 5.56 Å². The molecular weight excluding hydrogens is 370 g/mol. The lowest BCUT2D eigenvalue weighted by molar-refractivity contribution is -0.134. The van der Waals surface area contributed by atoms with Gasteiger partial charge in [0.05, 0.1) is 16.8 Å². The molecule has 6 heteroatoms. The van der Waals surface area contributed by atoms with E-state index in [1.54, 1.807) is 28.2 Å². The molecule has 144 valence electrons. The Labute approximate surface area is 168 Å². The number of aromatic nitrogens is 2. The molecule has 28 heavy (non-hydrogen) atoms. The molecule has 0 aliphatic carbocycles. The lowest BCUT2D eigenvalue weighted by atomic mass is 9.97. The van der Waals surface area contributed by atoms with Crippen LogP contribution < -0.4 is 5.56 Å². The second-order valence-corrected chi connectivity index (χ2v) is 8.14. The number of hydrogen-bond acceptors (Lipinski definition) is 4. The van der Waals surface area contributed by atoms with E-state index in [2.05, 4.69) is 5.10 Å². The Hall–Kier alpha value is -2.73. The second-order valence-electron chi connectivity index (χ2n) is 7.19. The lowest BCUT2D eigenvalue weighted by Crippen LogP contribution is -2.44. The number of carbonyl (C=O) groups is 1. The first-order valence-electron chi connectivity index (χ1n) is 9.61. The van der Waals surface area contributed by atoms with E-state index in [9.17, 15) is 9.59 Å². The van der Waals surface area contributed by atoms with Gasteiger partial charge in [-0.05, 0) is 42.8 Å². The van der Waals surface area contributed by atoms with Gasteiger partial charge in [-0.1, -0.05) is 36.4 Å². The van der Waals surface area contributed by atoms with E-state index in [1.165, 1.54) is 0 Å². The zero-order chi connectivity index (χ0) is 19.5. The maximum Gasteiger partial charge on any atom is 0.267 e. The van der Waals surface area contributed by atoms with Gasteiger partial charge < -0.3 is 4.90 Å². The van der Waals surface area contributed by atoms with Gasteiger partial charge in [-0.3, -0.25) is 9.59 Å². The number of piperidine rings is 1. The van der Waals surface area contributed by atoms with Crippen LogP contribution in [0.2, 0.25) is 0 Å². The summed E-state index contributed by atoms with van der Waals surface area (Å²) >= 11 is 1.60. The van der Waals surface area contributed by atoms with Crippen molar-refractivity contribution >= 4 is 17.2 Å². The van der Waals surface area contributed by atoms with Gasteiger partial charge in [0, 0.05) is 19.2 Å². The average Bonchev–Trinajstić information content (AvgIpc) is 3.29. The molecule has 4 rings (SSSR count). The topological polar surface area (TPSA) is 55.2 Å². The normalized spacial score (nSPS) is 18.0. The van der Waals surface area contributed by atoms with E-state index in [-0.39, 0.29) is 23.4 Å². The number of carbonyl (C=O) groups excluding carboxylic acids is 1. The smallest absolute Gasteiger partial charge is 0.267 e. The SMILES string of the molecule is C[C@@H](C(=O)N1CCC[C@H](n2nc(-c3cccs3)ccc2=O)C1)c1ccccc1. The number of amides is 1. The van der Waals surface area contributed by atoms with Crippen LogP contribution >= 0.6 is 11.3 Å². The summed E-state index contributed by atoms with van der Waals surface area (Å²) < 4.78 is 1.57. The van der Waals surface area contributed by atoms with Gasteiger partial charge in [-0.2, -0.15) is 5.10 Å². The van der Waals surface area contributed by atoms with Crippen molar-refractivity contribution < 1.29 is 4.79 Å². The maximum atomic E-state index is 13.0. The molecule has 1 saturated heterocycles. The summed E-state index contributed by atoms with van der Waals surface area (Å²) in [4.78, 5) is 28.4. The molecule has 0 spiro atoms. The third kappa shape index (κ3) is 3.78. The summed E-state index contributed by atoms with van der Waals surface area (Å²) in [5.74, 6) is -0.0829. The highest BCUT2D eigenvalue weighted by Crippen LogP contribution is 2.26. The molecule has 0 unspecified atom stereocenters. The standard InChI is InChI=1S/C22H23N3O2S/c1-16(17-7-3-2-4-8-17)22(27)24-13-5-9-18(15-24)25-21(26)12-11-19(23-25)20-10-6-14-28-20/h2-4,6-8,10-12,14,16,18H,5,9,13,15H2,1H3/t16-,18+/m1/s1. The third-order valence-corrected chi connectivity index (χ3v) is 6.22. The van der Waals surface area contributed by atoms with Crippen molar-refractivity contribution in [3.63, 3.8) is 0 Å². The Kier molecular flexibility index (Phi) is 5.39. The van der Waals surface area contributed by atoms with Gasteiger partial charge in [0.1, 0.15) is 5.69 Å². The second kappa shape index (κ2) is 8.10. The van der Waals surface area contributed by atoms with Crippen molar-refractivity contribution in [2.24, 2.45) is 0 Å². The molecule has 2 atom stereocenters. The molecule has 1 fully saturated rings. The van der Waals surface area contributed by atoms with Gasteiger partial charge in [0.15, 0.2) is 0 Å². The summed E-state index contributed by atoms with van der Waals surface area (Å²) in [6.07, 6.45) is 1.72. The Morgan fingerprint density at radius 2 is 1.96 bits per heavy atom. The Balaban J connectivity index is 1.55. The fourth-order valence-electron chi connectivity index (χ4n) is 3.76. The first kappa shape index (κ1) is 18.6. The largest absolute Gasteiger partial charge is 0.340 e. The molecule has 1 aromatic carbocycles. The number of thiophene rings is 1. The van der Waals surface area contributed by atoms with Crippen molar-refractivity contribution in [2.75, 3.05) is 13.1 Å². The highest BCUT2D eigenvalue weighted by atomic mass is 32.1. The molecule has 0 N–H and O–H groups in total. The molecule has 5 nitrogen and oxygen atoms in total. The van der Waals surface area contributed by atoms with Crippen LogP contribution in [-0.2, 0) is 4.79 Å². The minimum atomic E-state index is -0.193. The summed E-state index contributed by atoms with van der Waals surface area (Å²) in [5, 5.41) is 6.61. The monoisotopic (exact) mass is 393 g/mol. The van der Waals surface area contributed by atoms with E-state index in [0.717, 1.165) is 35.5 Å². The number of likely N-dealkylation sites (tertiary alicyclic amines) is 1. The molecule has 1 amide bonds. The number of benzene rings is 1. The number of nitrogens with zero attached hydrogens (tertiary/aromatic N) is 3. The van der Waals surface area contributed by atoms with Crippen LogP contribution in [0.4, 0.5) is 0 Å². The van der Waals surface area contributed by atoms with Gasteiger partial charge in [-0.25, -0.2) is 4.68 Å². The molecule has 1 aliphatic heterocycles. The Bertz CT molecular complexity index is 998. The van der Waals surface area contributed by atoms with Crippen LogP contribution in [0.5, 0.6) is 0 Å². The van der Waals surface area contributed by atoms with Crippen molar-refractivity contribution in [3.05, 3.63) is 75.9 Å². The van der Waals surface area contributed by atoms with E-state index in [0.29, 0.717) is 6.54 Å². The molecule has 3 aromatic rings. The van der Waals surface area contributed by atoms with Gasteiger partial charge in [-0.15, -0.1) is 11.3 Å². The van der Waals surface area contributed by atoms with Crippen LogP contribution in [-0.4, -0.2) is 33.7 Å². The predicted molar refractivity (Wildman–Crippen MR) is 112 cm³/mol. The number of rotatable bonds is 4. The molecule has 3 heterocycles. The van der Waals surface area contributed by atoms with Crippen LogP contribution in [0.25, 0.3) is 10.6 Å². The first-order chi connectivity index (χ1) is 13.6. The van der Waals surface area contributed by atoms with Crippen molar-refractivity contribution in [3.8, 4) is 10.6 Å². The summed E-state index contributed by atoms with van der Waals surface area (Å²) in [6.45, 7) is 3.20. The molecule has 1 aliphatic rings. The van der Waals surface area contributed by atoms with Crippen LogP contribution in [0.1, 0.15) is 37.3 Å². The van der Waals surface area contributed by atoms with Crippen LogP contribution in [0, 0.1) is 0 Å². The Morgan fingerprint density at radius 1 is 1.14 bits per heavy atom. The summed E-state index contributed by atoms with van der Waals surface area (Å²) in [5.41, 5.74) is 1.70. The molecular formula is C22H23N3O2S. The maximum absolute atomic E-state index is 13.0. The predicted octanol–water partition coefficient (Wildman–Crippen LogP) is 3.94. The average molecular weight is 394 g/mol. The zero-order valence-corrected chi connectivity index (χ0v) is 16.6.